The number of thiazole rings is 1. The Hall–Kier alpha value is -2.78. The molecule has 6 nitrogen and oxygen atoms in total. The summed E-state index contributed by atoms with van der Waals surface area (Å²) >= 11 is 4.45. The predicted molar refractivity (Wildman–Crippen MR) is 103 cm³/mol. The van der Waals surface area contributed by atoms with Crippen LogP contribution in [0.5, 0.6) is 0 Å². The highest BCUT2D eigenvalue weighted by Gasteiger charge is 2.13. The number of hydrogen-bond acceptors (Lipinski definition) is 4. The van der Waals surface area contributed by atoms with E-state index in [0.29, 0.717) is 11.4 Å². The van der Waals surface area contributed by atoms with Gasteiger partial charge in [-0.25, -0.2) is 14.2 Å². The lowest BCUT2D eigenvalue weighted by molar-refractivity contribution is 0.102. The highest BCUT2D eigenvalue weighted by Crippen LogP contribution is 2.19. The molecule has 0 aliphatic carbocycles. The van der Waals surface area contributed by atoms with Crippen LogP contribution in [0.3, 0.4) is 0 Å². The van der Waals surface area contributed by atoms with Gasteiger partial charge in [0.25, 0.3) is 5.91 Å². The molecule has 132 valence electrons. The van der Waals surface area contributed by atoms with Crippen molar-refractivity contribution in [2.24, 2.45) is 0 Å². The number of amides is 3. The monoisotopic (exact) mass is 434 g/mol. The van der Waals surface area contributed by atoms with Crippen molar-refractivity contribution in [1.29, 1.82) is 0 Å². The van der Waals surface area contributed by atoms with E-state index in [1.54, 1.807) is 23.6 Å². The van der Waals surface area contributed by atoms with E-state index in [1.807, 2.05) is 6.07 Å². The maximum Gasteiger partial charge on any atom is 0.325 e. The van der Waals surface area contributed by atoms with Crippen molar-refractivity contribution in [3.63, 3.8) is 0 Å². The molecule has 0 radical (unpaired) electrons. The normalized spacial score (nSPS) is 10.2. The summed E-state index contributed by atoms with van der Waals surface area (Å²) in [4.78, 5) is 28.2. The van der Waals surface area contributed by atoms with Crippen LogP contribution < -0.4 is 16.0 Å². The lowest BCUT2D eigenvalue weighted by Gasteiger charge is -2.05. The van der Waals surface area contributed by atoms with Crippen molar-refractivity contribution in [1.82, 2.24) is 4.98 Å². The van der Waals surface area contributed by atoms with Crippen LogP contribution >= 0.6 is 27.3 Å². The van der Waals surface area contributed by atoms with Gasteiger partial charge in [-0.05, 0) is 42.5 Å². The Morgan fingerprint density at radius 1 is 1.00 bits per heavy atom. The number of carbonyl (C=O) groups excluding carboxylic acids is 2. The van der Waals surface area contributed by atoms with Crippen molar-refractivity contribution in [3.8, 4) is 0 Å². The van der Waals surface area contributed by atoms with Gasteiger partial charge in [-0.2, -0.15) is 0 Å². The molecule has 0 saturated carbocycles. The zero-order chi connectivity index (χ0) is 18.5. The fourth-order valence-corrected chi connectivity index (χ4v) is 3.07. The predicted octanol–water partition coefficient (Wildman–Crippen LogP) is 4.94. The van der Waals surface area contributed by atoms with Crippen molar-refractivity contribution < 1.29 is 14.0 Å². The largest absolute Gasteiger partial charge is 0.325 e. The van der Waals surface area contributed by atoms with E-state index < -0.39 is 11.8 Å². The van der Waals surface area contributed by atoms with Crippen molar-refractivity contribution in [2.45, 2.75) is 0 Å². The number of nitrogens with one attached hydrogen (secondary N) is 3. The second-order valence-electron chi connectivity index (χ2n) is 5.09. The summed E-state index contributed by atoms with van der Waals surface area (Å²) in [6.45, 7) is 0. The number of urea groups is 1. The molecule has 0 atom stereocenters. The van der Waals surface area contributed by atoms with E-state index in [-0.39, 0.29) is 16.7 Å². The molecular formula is C17H12BrFN4O2S. The number of carbonyl (C=O) groups is 2. The minimum absolute atomic E-state index is 0.187. The van der Waals surface area contributed by atoms with Crippen molar-refractivity contribution in [3.05, 3.63) is 69.9 Å². The Morgan fingerprint density at radius 2 is 1.77 bits per heavy atom. The summed E-state index contributed by atoms with van der Waals surface area (Å²) in [7, 11) is 0. The van der Waals surface area contributed by atoms with Crippen LogP contribution in [0.25, 0.3) is 0 Å². The third kappa shape index (κ3) is 4.87. The molecule has 0 aliphatic heterocycles. The SMILES string of the molecule is O=C(Nc1ccc(F)cc1)Nc1nc(C(=O)Nc2cccc(Br)c2)cs1. The Balaban J connectivity index is 1.59. The summed E-state index contributed by atoms with van der Waals surface area (Å²) in [5, 5.41) is 9.61. The van der Waals surface area contributed by atoms with Gasteiger partial charge < -0.3 is 10.6 Å². The van der Waals surface area contributed by atoms with E-state index >= 15 is 0 Å². The molecule has 0 unspecified atom stereocenters. The molecule has 3 aromatic rings. The third-order valence-electron chi connectivity index (χ3n) is 3.14. The second-order valence-corrected chi connectivity index (χ2v) is 6.86. The highest BCUT2D eigenvalue weighted by molar-refractivity contribution is 9.10. The average molecular weight is 435 g/mol. The Labute approximate surface area is 160 Å². The van der Waals surface area contributed by atoms with E-state index in [0.717, 1.165) is 15.8 Å². The topological polar surface area (TPSA) is 83.1 Å². The first-order chi connectivity index (χ1) is 12.5. The first kappa shape index (κ1) is 18.0. The Bertz CT molecular complexity index is 946. The number of anilines is 3. The van der Waals surface area contributed by atoms with Gasteiger partial charge >= 0.3 is 6.03 Å². The smallest absolute Gasteiger partial charge is 0.321 e. The molecule has 0 aliphatic rings. The zero-order valence-electron chi connectivity index (χ0n) is 13.1. The molecule has 3 N–H and O–H groups in total. The number of hydrogen-bond donors (Lipinski definition) is 3. The lowest BCUT2D eigenvalue weighted by atomic mass is 10.3. The summed E-state index contributed by atoms with van der Waals surface area (Å²) in [6.07, 6.45) is 0. The summed E-state index contributed by atoms with van der Waals surface area (Å²) in [5.74, 6) is -0.775. The maximum absolute atomic E-state index is 12.9. The Morgan fingerprint density at radius 3 is 2.50 bits per heavy atom. The average Bonchev–Trinajstić information content (AvgIpc) is 3.05. The quantitative estimate of drug-likeness (QED) is 0.543. The van der Waals surface area contributed by atoms with Gasteiger partial charge in [0.2, 0.25) is 0 Å². The molecule has 1 aromatic heterocycles. The van der Waals surface area contributed by atoms with Gasteiger partial charge in [0.05, 0.1) is 0 Å². The molecular weight excluding hydrogens is 423 g/mol. The molecule has 1 heterocycles. The number of halogens is 2. The van der Waals surface area contributed by atoms with Crippen LogP contribution in [0.4, 0.5) is 25.7 Å². The van der Waals surface area contributed by atoms with Crippen LogP contribution in [0, 0.1) is 5.82 Å². The molecule has 0 saturated heterocycles. The fraction of sp³-hybridized carbons (Fsp3) is 0. The maximum atomic E-state index is 12.9. The first-order valence-electron chi connectivity index (χ1n) is 7.35. The summed E-state index contributed by atoms with van der Waals surface area (Å²) in [6, 6.07) is 12.0. The highest BCUT2D eigenvalue weighted by atomic mass is 79.9. The zero-order valence-corrected chi connectivity index (χ0v) is 15.5. The molecule has 2 aromatic carbocycles. The van der Waals surface area contributed by atoms with Crippen molar-refractivity contribution >= 4 is 55.7 Å². The second kappa shape index (κ2) is 8.07. The van der Waals surface area contributed by atoms with Gasteiger partial charge in [-0.1, -0.05) is 22.0 Å². The molecule has 0 spiro atoms. The third-order valence-corrected chi connectivity index (χ3v) is 4.39. The van der Waals surface area contributed by atoms with Crippen molar-refractivity contribution in [2.75, 3.05) is 16.0 Å². The van der Waals surface area contributed by atoms with Gasteiger partial charge in [-0.15, -0.1) is 11.3 Å². The minimum atomic E-state index is -0.537. The lowest BCUT2D eigenvalue weighted by Crippen LogP contribution is -2.19. The van der Waals surface area contributed by atoms with Crippen LogP contribution in [-0.4, -0.2) is 16.9 Å². The van der Waals surface area contributed by atoms with E-state index in [1.165, 1.54) is 24.3 Å². The van der Waals surface area contributed by atoms with E-state index in [2.05, 4.69) is 36.9 Å². The fourth-order valence-electron chi connectivity index (χ4n) is 1.99. The van der Waals surface area contributed by atoms with Gasteiger partial charge in [0, 0.05) is 21.2 Å². The number of nitrogens with zero attached hydrogens (tertiary/aromatic N) is 1. The molecule has 0 fully saturated rings. The number of rotatable bonds is 4. The molecule has 3 amide bonds. The van der Waals surface area contributed by atoms with Crippen LogP contribution in [0.1, 0.15) is 10.5 Å². The molecule has 26 heavy (non-hydrogen) atoms. The van der Waals surface area contributed by atoms with Crippen LogP contribution in [0.2, 0.25) is 0 Å². The number of benzene rings is 2. The van der Waals surface area contributed by atoms with Gasteiger partial charge in [-0.3, -0.25) is 10.1 Å². The van der Waals surface area contributed by atoms with Crippen LogP contribution in [-0.2, 0) is 0 Å². The van der Waals surface area contributed by atoms with E-state index in [9.17, 15) is 14.0 Å². The van der Waals surface area contributed by atoms with Gasteiger partial charge in [0.1, 0.15) is 11.5 Å². The number of aromatic nitrogens is 1. The summed E-state index contributed by atoms with van der Waals surface area (Å²) < 4.78 is 13.7. The van der Waals surface area contributed by atoms with E-state index in [4.69, 9.17) is 0 Å². The van der Waals surface area contributed by atoms with Gasteiger partial charge in [0.15, 0.2) is 5.13 Å². The first-order valence-corrected chi connectivity index (χ1v) is 9.03. The molecule has 3 rings (SSSR count). The van der Waals surface area contributed by atoms with Crippen LogP contribution in [0.15, 0.2) is 58.4 Å². The standard InChI is InChI=1S/C17H12BrFN4O2S/c18-10-2-1-3-13(8-10)20-15(24)14-9-26-17(22-14)23-16(25)21-12-6-4-11(19)5-7-12/h1-9H,(H,20,24)(H2,21,22,23,25). The summed E-state index contributed by atoms with van der Waals surface area (Å²) in [5.41, 5.74) is 1.25. The Kier molecular flexibility index (Phi) is 5.59. The molecule has 9 heteroatoms. The minimum Gasteiger partial charge on any atom is -0.321 e. The molecule has 0 bridgehead atoms.